The molecule has 0 saturated carbocycles. The number of quaternary nitrogens is 1. The van der Waals surface area contributed by atoms with E-state index < -0.39 is 17.9 Å². The molecule has 0 radical (unpaired) electrons. The molecule has 0 aliphatic rings. The van der Waals surface area contributed by atoms with Crippen molar-refractivity contribution in [2.75, 3.05) is 26.2 Å². The molecule has 0 atom stereocenters. The second kappa shape index (κ2) is 30.1. The summed E-state index contributed by atoms with van der Waals surface area (Å²) in [6.45, 7) is 5.04. The van der Waals surface area contributed by atoms with Crippen LogP contribution in [0.4, 0.5) is 0 Å². The first kappa shape index (κ1) is 41.1. The van der Waals surface area contributed by atoms with E-state index in [0.717, 1.165) is 19.4 Å². The van der Waals surface area contributed by atoms with Gasteiger partial charge in [-0.1, -0.05) is 109 Å². The molecule has 0 rings (SSSR count). The number of allylic oxidation sites excluding steroid dienone is 2. The van der Waals surface area contributed by atoms with Crippen LogP contribution in [-0.4, -0.2) is 58.8 Å². The van der Waals surface area contributed by atoms with Crippen molar-refractivity contribution in [2.45, 2.75) is 174 Å². The van der Waals surface area contributed by atoms with Crippen molar-refractivity contribution in [2.24, 2.45) is 0 Å². The molecule has 0 spiro atoms. The van der Waals surface area contributed by atoms with Crippen LogP contribution in [0.15, 0.2) is 12.2 Å². The zero-order chi connectivity index (χ0) is 31.9. The molecular weight excluding hydrogens is 542 g/mol. The summed E-state index contributed by atoms with van der Waals surface area (Å²) in [6, 6.07) is 0. The predicted octanol–water partition coefficient (Wildman–Crippen LogP) is 8.44. The van der Waals surface area contributed by atoms with Gasteiger partial charge in [-0.25, -0.2) is 0 Å². The lowest BCUT2D eigenvalue weighted by atomic mass is 10.0. The van der Waals surface area contributed by atoms with Crippen molar-refractivity contribution in [3.8, 4) is 0 Å². The second-order valence-corrected chi connectivity index (χ2v) is 12.8. The van der Waals surface area contributed by atoms with E-state index in [0.29, 0.717) is 43.4 Å². The Morgan fingerprint density at radius 2 is 0.814 bits per heavy atom. The molecule has 0 saturated heterocycles. The summed E-state index contributed by atoms with van der Waals surface area (Å²) < 4.78 is 0.613. The normalized spacial score (nSPS) is 11.8. The van der Waals surface area contributed by atoms with Gasteiger partial charge >= 0.3 is 11.9 Å². The SMILES string of the molecule is CCCCCCCCCC/C=C/CCCCCCCCCCCC[N+](CCCC(=O)[O-])(CCCC(=O)O)CCCC(=O)O. The van der Waals surface area contributed by atoms with Gasteiger partial charge in [0.05, 0.1) is 39.0 Å². The van der Waals surface area contributed by atoms with Crippen molar-refractivity contribution in [1.82, 2.24) is 0 Å². The van der Waals surface area contributed by atoms with Crippen LogP contribution in [0, 0.1) is 0 Å². The van der Waals surface area contributed by atoms with Gasteiger partial charge in [-0.05, 0) is 44.9 Å². The standard InChI is InChI=1S/C36H67NO6/c1-2-3-4-5-6-7-8-9-10-11-12-13-14-15-16-17-18-19-20-21-22-23-30-37(31-24-27-34(38)39,32-25-28-35(40)41)33-26-29-36(42)43/h11-12H,2-10,13-33H2,1H3,(H2-,38,39,40,41,42,43)/b12-11+. The molecular formula is C36H67NO6. The van der Waals surface area contributed by atoms with Gasteiger partial charge in [-0.2, -0.15) is 0 Å². The van der Waals surface area contributed by atoms with E-state index in [9.17, 15) is 19.5 Å². The van der Waals surface area contributed by atoms with E-state index >= 15 is 0 Å². The Balaban J connectivity index is 4.01. The highest BCUT2D eigenvalue weighted by Gasteiger charge is 2.26. The molecule has 0 aliphatic carbocycles. The fourth-order valence-corrected chi connectivity index (χ4v) is 6.12. The van der Waals surface area contributed by atoms with E-state index in [1.165, 1.54) is 116 Å². The number of carbonyl (C=O) groups excluding carboxylic acids is 1. The number of rotatable bonds is 34. The smallest absolute Gasteiger partial charge is 0.303 e. The Morgan fingerprint density at radius 3 is 1.19 bits per heavy atom. The quantitative estimate of drug-likeness (QED) is 0.0430. The molecule has 7 heteroatoms. The molecule has 0 aromatic heterocycles. The summed E-state index contributed by atoms with van der Waals surface area (Å²) in [4.78, 5) is 33.1. The zero-order valence-corrected chi connectivity index (χ0v) is 27.8. The van der Waals surface area contributed by atoms with Crippen molar-refractivity contribution in [3.63, 3.8) is 0 Å². The minimum atomic E-state index is -1.07. The molecule has 0 aromatic rings. The molecule has 0 heterocycles. The number of hydrogen-bond acceptors (Lipinski definition) is 4. The minimum absolute atomic E-state index is 0.0199. The van der Waals surface area contributed by atoms with Gasteiger partial charge in [0.25, 0.3) is 0 Å². The average Bonchev–Trinajstić information content (AvgIpc) is 2.95. The van der Waals surface area contributed by atoms with Crippen LogP contribution in [-0.2, 0) is 14.4 Å². The fourth-order valence-electron chi connectivity index (χ4n) is 6.12. The number of hydrogen-bond donors (Lipinski definition) is 2. The monoisotopic (exact) mass is 609 g/mol. The maximum Gasteiger partial charge on any atom is 0.303 e. The van der Waals surface area contributed by atoms with Gasteiger partial charge < -0.3 is 24.6 Å². The largest absolute Gasteiger partial charge is 0.550 e. The summed E-state index contributed by atoms with van der Waals surface area (Å²) in [5, 5.41) is 29.2. The van der Waals surface area contributed by atoms with Gasteiger partial charge in [-0.15, -0.1) is 0 Å². The third kappa shape index (κ3) is 29.9. The molecule has 2 N–H and O–H groups in total. The zero-order valence-electron chi connectivity index (χ0n) is 27.8. The lowest BCUT2D eigenvalue weighted by Crippen LogP contribution is -2.51. The highest BCUT2D eigenvalue weighted by atomic mass is 16.4. The number of carboxylic acid groups (broad SMARTS) is 3. The summed E-state index contributed by atoms with van der Waals surface area (Å²) >= 11 is 0. The van der Waals surface area contributed by atoms with Crippen LogP contribution >= 0.6 is 0 Å². The molecule has 0 bridgehead atoms. The predicted molar refractivity (Wildman–Crippen MR) is 175 cm³/mol. The summed E-state index contributed by atoms with van der Waals surface area (Å²) in [7, 11) is 0. The third-order valence-corrected chi connectivity index (χ3v) is 8.70. The van der Waals surface area contributed by atoms with Gasteiger partial charge in [0.15, 0.2) is 0 Å². The van der Waals surface area contributed by atoms with Crippen LogP contribution < -0.4 is 5.11 Å². The number of unbranched alkanes of at least 4 members (excludes halogenated alkanes) is 18. The van der Waals surface area contributed by atoms with E-state index in [4.69, 9.17) is 10.2 Å². The molecule has 7 nitrogen and oxygen atoms in total. The van der Waals surface area contributed by atoms with E-state index in [1.54, 1.807) is 0 Å². The first-order valence-corrected chi connectivity index (χ1v) is 17.9. The Morgan fingerprint density at radius 1 is 0.488 bits per heavy atom. The topological polar surface area (TPSA) is 115 Å². The van der Waals surface area contributed by atoms with Crippen molar-refractivity contribution in [1.29, 1.82) is 0 Å². The summed E-state index contributed by atoms with van der Waals surface area (Å²) in [6.07, 6.45) is 32.3. The van der Waals surface area contributed by atoms with Crippen LogP contribution in [0.1, 0.15) is 174 Å². The van der Waals surface area contributed by atoms with Crippen LogP contribution in [0.25, 0.3) is 0 Å². The first-order chi connectivity index (χ1) is 20.8. The Bertz CT molecular complexity index is 658. The lowest BCUT2D eigenvalue weighted by Gasteiger charge is -2.39. The van der Waals surface area contributed by atoms with Gasteiger partial charge in [0.2, 0.25) is 0 Å². The van der Waals surface area contributed by atoms with Crippen molar-refractivity contribution >= 4 is 17.9 Å². The lowest BCUT2D eigenvalue weighted by molar-refractivity contribution is -0.929. The minimum Gasteiger partial charge on any atom is -0.550 e. The number of nitrogens with zero attached hydrogens (tertiary/aromatic N) is 1. The van der Waals surface area contributed by atoms with E-state index in [-0.39, 0.29) is 19.3 Å². The second-order valence-electron chi connectivity index (χ2n) is 12.8. The summed E-state index contributed by atoms with van der Waals surface area (Å²) in [5.41, 5.74) is 0. The molecule has 0 amide bonds. The third-order valence-electron chi connectivity index (χ3n) is 8.70. The highest BCUT2D eigenvalue weighted by Crippen LogP contribution is 2.19. The molecule has 0 aromatic carbocycles. The molecule has 0 aliphatic heterocycles. The highest BCUT2D eigenvalue weighted by molar-refractivity contribution is 5.66. The maximum atomic E-state index is 11.1. The fraction of sp³-hybridized carbons (Fsp3) is 0.861. The van der Waals surface area contributed by atoms with Gasteiger partial charge in [-0.3, -0.25) is 9.59 Å². The average molecular weight is 610 g/mol. The molecule has 252 valence electrons. The van der Waals surface area contributed by atoms with Gasteiger partial charge in [0.1, 0.15) is 0 Å². The van der Waals surface area contributed by atoms with Crippen LogP contribution in [0.2, 0.25) is 0 Å². The summed E-state index contributed by atoms with van der Waals surface area (Å²) in [5.74, 6) is -2.74. The Hall–Kier alpha value is -1.89. The maximum absolute atomic E-state index is 11.1. The van der Waals surface area contributed by atoms with Crippen molar-refractivity contribution < 1.29 is 34.2 Å². The molecule has 0 unspecified atom stereocenters. The van der Waals surface area contributed by atoms with Crippen LogP contribution in [0.5, 0.6) is 0 Å². The first-order valence-electron chi connectivity index (χ1n) is 17.9. The van der Waals surface area contributed by atoms with E-state index in [2.05, 4.69) is 19.1 Å². The van der Waals surface area contributed by atoms with Crippen LogP contribution in [0.3, 0.4) is 0 Å². The molecule has 43 heavy (non-hydrogen) atoms. The van der Waals surface area contributed by atoms with Gasteiger partial charge in [0, 0.05) is 25.2 Å². The van der Waals surface area contributed by atoms with E-state index in [1.807, 2.05) is 0 Å². The number of carboxylic acids is 3. The number of aliphatic carboxylic acids is 3. The van der Waals surface area contributed by atoms with Crippen molar-refractivity contribution in [3.05, 3.63) is 12.2 Å². The Labute approximate surface area is 264 Å². The Kier molecular flexibility index (Phi) is 28.8. The molecule has 0 fully saturated rings. The number of carbonyl (C=O) groups is 3.